The quantitative estimate of drug-likeness (QED) is 0.874. The summed E-state index contributed by atoms with van der Waals surface area (Å²) in [5.41, 5.74) is 6.78. The molecule has 3 heteroatoms. The smallest absolute Gasteiger partial charge is 0.119 e. The summed E-state index contributed by atoms with van der Waals surface area (Å²) in [5, 5.41) is 0. The molecule has 2 N–H and O–H groups in total. The van der Waals surface area contributed by atoms with E-state index in [4.69, 9.17) is 10.5 Å². The van der Waals surface area contributed by atoms with Crippen molar-refractivity contribution < 1.29 is 4.74 Å². The molecule has 0 aliphatic carbocycles. The number of nitrogens with two attached hydrogens (primary N) is 1. The molecule has 1 fully saturated rings. The van der Waals surface area contributed by atoms with E-state index in [9.17, 15) is 0 Å². The minimum atomic E-state index is 0.569. The van der Waals surface area contributed by atoms with Crippen LogP contribution in [0.5, 0.6) is 5.75 Å². The number of benzene rings is 1. The van der Waals surface area contributed by atoms with Crippen LogP contribution in [0, 0.1) is 11.8 Å². The van der Waals surface area contributed by atoms with Crippen molar-refractivity contribution >= 4 is 0 Å². The standard InChI is InChI=1S/C18H30N2O/c1-15(2)17-6-4-9-20(10-8-17)11-12-21-18-7-3-5-16(13-18)14-19/h3,5,7,13,15,17H,4,6,8-12,14,19H2,1-2H3. The molecule has 1 atom stereocenters. The molecule has 118 valence electrons. The van der Waals surface area contributed by atoms with Gasteiger partial charge in [-0.25, -0.2) is 0 Å². The highest BCUT2D eigenvalue weighted by molar-refractivity contribution is 5.28. The maximum atomic E-state index is 5.87. The van der Waals surface area contributed by atoms with Gasteiger partial charge in [0.2, 0.25) is 0 Å². The number of rotatable bonds is 6. The van der Waals surface area contributed by atoms with Gasteiger partial charge in [0.15, 0.2) is 0 Å². The fourth-order valence-electron chi connectivity index (χ4n) is 3.13. The van der Waals surface area contributed by atoms with Gasteiger partial charge in [0.25, 0.3) is 0 Å². The van der Waals surface area contributed by atoms with Crippen LogP contribution < -0.4 is 10.5 Å². The minimum Gasteiger partial charge on any atom is -0.492 e. The van der Waals surface area contributed by atoms with Crippen LogP contribution in [0.1, 0.15) is 38.7 Å². The zero-order valence-corrected chi connectivity index (χ0v) is 13.6. The van der Waals surface area contributed by atoms with Crippen LogP contribution >= 0.6 is 0 Å². The third-order valence-corrected chi connectivity index (χ3v) is 4.62. The van der Waals surface area contributed by atoms with Crippen molar-refractivity contribution in [1.82, 2.24) is 4.90 Å². The summed E-state index contributed by atoms with van der Waals surface area (Å²) in [6.45, 7) is 9.50. The first-order valence-electron chi connectivity index (χ1n) is 8.33. The average molecular weight is 290 g/mol. The van der Waals surface area contributed by atoms with Crippen molar-refractivity contribution in [1.29, 1.82) is 0 Å². The molecule has 0 saturated carbocycles. The van der Waals surface area contributed by atoms with Crippen LogP contribution in [0.4, 0.5) is 0 Å². The van der Waals surface area contributed by atoms with Crippen molar-refractivity contribution in [2.75, 3.05) is 26.2 Å². The molecule has 0 radical (unpaired) electrons. The van der Waals surface area contributed by atoms with Gasteiger partial charge in [0.1, 0.15) is 12.4 Å². The second-order valence-corrected chi connectivity index (χ2v) is 6.48. The van der Waals surface area contributed by atoms with Crippen LogP contribution in [0.2, 0.25) is 0 Å². The van der Waals surface area contributed by atoms with Gasteiger partial charge in [0.05, 0.1) is 0 Å². The summed E-state index contributed by atoms with van der Waals surface area (Å²) in [5.74, 6) is 2.66. The summed E-state index contributed by atoms with van der Waals surface area (Å²) < 4.78 is 5.87. The number of likely N-dealkylation sites (tertiary alicyclic amines) is 1. The zero-order valence-electron chi connectivity index (χ0n) is 13.6. The van der Waals surface area contributed by atoms with Crippen molar-refractivity contribution in [3.05, 3.63) is 29.8 Å². The summed E-state index contributed by atoms with van der Waals surface area (Å²) in [4.78, 5) is 2.55. The molecule has 2 rings (SSSR count). The molecule has 1 aliphatic rings. The van der Waals surface area contributed by atoms with Crippen molar-refractivity contribution in [3.63, 3.8) is 0 Å². The molecule has 0 amide bonds. The summed E-state index contributed by atoms with van der Waals surface area (Å²) in [6.07, 6.45) is 4.04. The molecule has 21 heavy (non-hydrogen) atoms. The van der Waals surface area contributed by atoms with E-state index >= 15 is 0 Å². The van der Waals surface area contributed by atoms with Gasteiger partial charge in [0, 0.05) is 13.1 Å². The lowest BCUT2D eigenvalue weighted by molar-refractivity contribution is 0.210. The summed E-state index contributed by atoms with van der Waals surface area (Å²) in [6, 6.07) is 8.10. The minimum absolute atomic E-state index is 0.569. The molecule has 1 heterocycles. The van der Waals surface area contributed by atoms with Crippen LogP contribution in [0.25, 0.3) is 0 Å². The maximum absolute atomic E-state index is 5.87. The maximum Gasteiger partial charge on any atom is 0.119 e. The number of hydrogen-bond donors (Lipinski definition) is 1. The predicted molar refractivity (Wildman–Crippen MR) is 88.4 cm³/mol. The number of ether oxygens (including phenoxy) is 1. The van der Waals surface area contributed by atoms with Crippen LogP contribution in [-0.2, 0) is 6.54 Å². The van der Waals surface area contributed by atoms with E-state index in [1.54, 1.807) is 0 Å². The Morgan fingerprint density at radius 2 is 2.14 bits per heavy atom. The molecule has 3 nitrogen and oxygen atoms in total. The normalized spacial score (nSPS) is 20.5. The number of nitrogens with zero attached hydrogens (tertiary/aromatic N) is 1. The fraction of sp³-hybridized carbons (Fsp3) is 0.667. The van der Waals surface area contributed by atoms with Gasteiger partial charge in [-0.15, -0.1) is 0 Å². The third kappa shape index (κ3) is 5.33. The first-order valence-corrected chi connectivity index (χ1v) is 8.33. The molecule has 1 saturated heterocycles. The largest absolute Gasteiger partial charge is 0.492 e. The van der Waals surface area contributed by atoms with E-state index in [1.165, 1.54) is 32.4 Å². The lowest BCUT2D eigenvalue weighted by Crippen LogP contribution is -2.29. The molecular formula is C18H30N2O. The number of hydrogen-bond acceptors (Lipinski definition) is 3. The molecule has 0 spiro atoms. The Hall–Kier alpha value is -1.06. The van der Waals surface area contributed by atoms with Gasteiger partial charge in [-0.1, -0.05) is 26.0 Å². The Balaban J connectivity index is 1.73. The third-order valence-electron chi connectivity index (χ3n) is 4.62. The van der Waals surface area contributed by atoms with Crippen LogP contribution in [-0.4, -0.2) is 31.1 Å². The SMILES string of the molecule is CC(C)C1CCCN(CCOc2cccc(CN)c2)CC1. The fourth-order valence-corrected chi connectivity index (χ4v) is 3.13. The lowest BCUT2D eigenvalue weighted by atomic mass is 9.89. The first kappa shape index (κ1) is 16.3. The van der Waals surface area contributed by atoms with E-state index in [0.717, 1.165) is 36.3 Å². The Labute approximate surface area is 129 Å². The Morgan fingerprint density at radius 1 is 1.29 bits per heavy atom. The molecule has 1 unspecified atom stereocenters. The zero-order chi connectivity index (χ0) is 15.1. The molecule has 0 bridgehead atoms. The molecule has 1 aromatic carbocycles. The van der Waals surface area contributed by atoms with Crippen molar-refractivity contribution in [2.45, 2.75) is 39.7 Å². The highest BCUT2D eigenvalue weighted by Gasteiger charge is 2.19. The van der Waals surface area contributed by atoms with Gasteiger partial charge in [-0.05, 0) is 61.9 Å². The highest BCUT2D eigenvalue weighted by atomic mass is 16.5. The Bertz CT molecular complexity index is 419. The molecule has 1 aliphatic heterocycles. The van der Waals surface area contributed by atoms with Gasteiger partial charge in [-0.2, -0.15) is 0 Å². The van der Waals surface area contributed by atoms with Gasteiger partial charge in [-0.3, -0.25) is 4.90 Å². The van der Waals surface area contributed by atoms with E-state index in [1.807, 2.05) is 24.3 Å². The Kier molecular flexibility index (Phi) is 6.52. The van der Waals surface area contributed by atoms with E-state index in [2.05, 4.69) is 18.7 Å². The molecule has 1 aromatic rings. The van der Waals surface area contributed by atoms with Crippen LogP contribution in [0.15, 0.2) is 24.3 Å². The van der Waals surface area contributed by atoms with Crippen molar-refractivity contribution in [3.8, 4) is 5.75 Å². The monoisotopic (exact) mass is 290 g/mol. The van der Waals surface area contributed by atoms with E-state index in [-0.39, 0.29) is 0 Å². The topological polar surface area (TPSA) is 38.5 Å². The highest BCUT2D eigenvalue weighted by Crippen LogP contribution is 2.24. The molecular weight excluding hydrogens is 260 g/mol. The lowest BCUT2D eigenvalue weighted by Gasteiger charge is -2.21. The van der Waals surface area contributed by atoms with Gasteiger partial charge >= 0.3 is 0 Å². The second kappa shape index (κ2) is 8.40. The van der Waals surface area contributed by atoms with Gasteiger partial charge < -0.3 is 10.5 Å². The van der Waals surface area contributed by atoms with Crippen molar-refractivity contribution in [2.24, 2.45) is 17.6 Å². The second-order valence-electron chi connectivity index (χ2n) is 6.48. The average Bonchev–Trinajstić information content (AvgIpc) is 2.73. The Morgan fingerprint density at radius 3 is 2.90 bits per heavy atom. The predicted octanol–water partition coefficient (Wildman–Crippen LogP) is 3.28. The summed E-state index contributed by atoms with van der Waals surface area (Å²) >= 11 is 0. The van der Waals surface area contributed by atoms with E-state index in [0.29, 0.717) is 6.54 Å². The first-order chi connectivity index (χ1) is 10.2. The summed E-state index contributed by atoms with van der Waals surface area (Å²) in [7, 11) is 0. The van der Waals surface area contributed by atoms with E-state index < -0.39 is 0 Å². The van der Waals surface area contributed by atoms with Crippen LogP contribution in [0.3, 0.4) is 0 Å². The molecule has 0 aromatic heterocycles.